The average molecular weight is 162 g/mol. The van der Waals surface area contributed by atoms with E-state index in [0.29, 0.717) is 0 Å². The third kappa shape index (κ3) is 0.561. The molecule has 0 aromatic heterocycles. The lowest BCUT2D eigenvalue weighted by Crippen LogP contribution is -2.58. The van der Waals surface area contributed by atoms with E-state index in [1.165, 1.54) is 35.5 Å². The zero-order valence-electron chi connectivity index (χ0n) is 7.71. The van der Waals surface area contributed by atoms with Crippen molar-refractivity contribution in [1.29, 1.82) is 0 Å². The highest BCUT2D eigenvalue weighted by molar-refractivity contribution is 5.08. The minimum Gasteiger partial charge on any atom is -0.0499 e. The van der Waals surface area contributed by atoms with Crippen LogP contribution in [0.2, 0.25) is 0 Å². The first-order valence-electron chi connectivity index (χ1n) is 5.93. The van der Waals surface area contributed by atoms with Gasteiger partial charge in [0.25, 0.3) is 0 Å². The van der Waals surface area contributed by atoms with Crippen molar-refractivity contribution in [1.82, 2.24) is 0 Å². The molecule has 0 bridgehead atoms. The highest BCUT2D eigenvalue weighted by atomic mass is 14.6. The second-order valence-corrected chi connectivity index (χ2v) is 5.80. The van der Waals surface area contributed by atoms with E-state index in [4.69, 9.17) is 0 Å². The molecule has 12 heavy (non-hydrogen) atoms. The van der Waals surface area contributed by atoms with Gasteiger partial charge in [0, 0.05) is 0 Å². The molecule has 0 spiro atoms. The molecular weight excluding hydrogens is 144 g/mol. The zero-order valence-corrected chi connectivity index (χ0v) is 7.71. The Hall–Kier alpha value is 0. The van der Waals surface area contributed by atoms with E-state index in [-0.39, 0.29) is 0 Å². The minimum absolute atomic E-state index is 1.20. The Bertz CT molecular complexity index is 188. The molecule has 0 aromatic carbocycles. The van der Waals surface area contributed by atoms with Gasteiger partial charge in [0.2, 0.25) is 0 Å². The molecule has 0 aliphatic heterocycles. The molecule has 0 heteroatoms. The van der Waals surface area contributed by atoms with Crippen LogP contribution in [0.3, 0.4) is 0 Å². The van der Waals surface area contributed by atoms with Gasteiger partial charge in [-0.2, -0.15) is 0 Å². The Balaban J connectivity index is 1.58. The SMILES string of the molecule is C1CC2CC3C4CCC4C3CC12. The fraction of sp³-hybridized carbons (Fsp3) is 1.00. The van der Waals surface area contributed by atoms with Crippen molar-refractivity contribution in [2.75, 3.05) is 0 Å². The summed E-state index contributed by atoms with van der Waals surface area (Å²) in [7, 11) is 0. The second kappa shape index (κ2) is 1.91. The lowest BCUT2D eigenvalue weighted by atomic mass is 9.39. The van der Waals surface area contributed by atoms with E-state index >= 15 is 0 Å². The van der Waals surface area contributed by atoms with Crippen molar-refractivity contribution in [2.45, 2.75) is 38.5 Å². The van der Waals surface area contributed by atoms with Crippen LogP contribution < -0.4 is 0 Å². The van der Waals surface area contributed by atoms with Crippen LogP contribution in [0.4, 0.5) is 0 Å². The molecular formula is C12H18. The molecule has 6 unspecified atom stereocenters. The number of hydrogen-bond donors (Lipinski definition) is 0. The Kier molecular flexibility index (Phi) is 1.03. The highest BCUT2D eigenvalue weighted by Gasteiger charge is 2.59. The standard InChI is InChI=1S/C12H18/c1-2-8-6-12-10-4-3-9(10)11(12)5-7(1)8/h7-12H,1-6H2. The molecule has 4 rings (SSSR count). The molecule has 0 radical (unpaired) electrons. The minimum atomic E-state index is 1.20. The smallest absolute Gasteiger partial charge is 0.0349 e. The van der Waals surface area contributed by atoms with Crippen LogP contribution in [0.1, 0.15) is 38.5 Å². The first kappa shape index (κ1) is 6.45. The fourth-order valence-corrected chi connectivity index (χ4v) is 4.76. The molecule has 0 aromatic rings. The van der Waals surface area contributed by atoms with Gasteiger partial charge < -0.3 is 0 Å². The van der Waals surface area contributed by atoms with E-state index in [0.717, 1.165) is 0 Å². The van der Waals surface area contributed by atoms with Crippen LogP contribution in [0.25, 0.3) is 0 Å². The summed E-state index contributed by atoms with van der Waals surface area (Å²) < 4.78 is 0. The van der Waals surface area contributed by atoms with Crippen molar-refractivity contribution in [3.63, 3.8) is 0 Å². The summed E-state index contributed by atoms with van der Waals surface area (Å²) in [5.74, 6) is 7.32. The van der Waals surface area contributed by atoms with Gasteiger partial charge in [0.15, 0.2) is 0 Å². The van der Waals surface area contributed by atoms with Crippen molar-refractivity contribution in [2.24, 2.45) is 35.5 Å². The van der Waals surface area contributed by atoms with Crippen molar-refractivity contribution < 1.29 is 0 Å². The van der Waals surface area contributed by atoms with Gasteiger partial charge >= 0.3 is 0 Å². The first-order chi connectivity index (χ1) is 5.93. The van der Waals surface area contributed by atoms with Crippen molar-refractivity contribution in [3.8, 4) is 0 Å². The van der Waals surface area contributed by atoms with Crippen LogP contribution in [-0.4, -0.2) is 0 Å². The summed E-state index contributed by atoms with van der Waals surface area (Å²) in [4.78, 5) is 0. The lowest BCUT2D eigenvalue weighted by molar-refractivity contribution is -0.165. The van der Waals surface area contributed by atoms with Gasteiger partial charge in [-0.25, -0.2) is 0 Å². The molecule has 0 nitrogen and oxygen atoms in total. The third-order valence-corrected chi connectivity index (χ3v) is 5.76. The van der Waals surface area contributed by atoms with Crippen LogP contribution in [0.5, 0.6) is 0 Å². The Labute approximate surface area is 74.7 Å². The molecule has 4 fully saturated rings. The summed E-state index contributed by atoms with van der Waals surface area (Å²) in [5, 5.41) is 0. The van der Waals surface area contributed by atoms with Crippen LogP contribution >= 0.6 is 0 Å². The molecule has 4 aliphatic rings. The number of rotatable bonds is 0. The lowest BCUT2D eigenvalue weighted by Gasteiger charge is -2.66. The Morgan fingerprint density at radius 2 is 1.00 bits per heavy atom. The number of hydrogen-bond acceptors (Lipinski definition) is 0. The highest BCUT2D eigenvalue weighted by Crippen LogP contribution is 2.67. The maximum Gasteiger partial charge on any atom is -0.0349 e. The van der Waals surface area contributed by atoms with Crippen LogP contribution in [0.15, 0.2) is 0 Å². The van der Waals surface area contributed by atoms with Gasteiger partial charge in [0.05, 0.1) is 0 Å². The summed E-state index contributed by atoms with van der Waals surface area (Å²) in [6.45, 7) is 0. The summed E-state index contributed by atoms with van der Waals surface area (Å²) in [6, 6.07) is 0. The predicted molar refractivity (Wildman–Crippen MR) is 48.6 cm³/mol. The van der Waals surface area contributed by atoms with Crippen LogP contribution in [0, 0.1) is 35.5 Å². The van der Waals surface area contributed by atoms with Crippen molar-refractivity contribution in [3.05, 3.63) is 0 Å². The van der Waals surface area contributed by atoms with E-state index in [2.05, 4.69) is 0 Å². The summed E-state index contributed by atoms with van der Waals surface area (Å²) in [5.41, 5.74) is 0. The molecule has 4 aliphatic carbocycles. The largest absolute Gasteiger partial charge is 0.0499 e. The zero-order chi connectivity index (χ0) is 7.71. The van der Waals surface area contributed by atoms with Gasteiger partial charge in [0.1, 0.15) is 0 Å². The molecule has 66 valence electrons. The first-order valence-corrected chi connectivity index (χ1v) is 5.93. The second-order valence-electron chi connectivity index (χ2n) is 5.80. The van der Waals surface area contributed by atoms with E-state index in [1.807, 2.05) is 0 Å². The van der Waals surface area contributed by atoms with Gasteiger partial charge in [-0.1, -0.05) is 0 Å². The summed E-state index contributed by atoms with van der Waals surface area (Å²) in [6.07, 6.45) is 9.68. The molecule has 0 amide bonds. The molecule has 4 saturated carbocycles. The Morgan fingerprint density at radius 3 is 1.33 bits per heavy atom. The quantitative estimate of drug-likeness (QED) is 0.513. The Morgan fingerprint density at radius 1 is 0.500 bits per heavy atom. The molecule has 6 atom stereocenters. The monoisotopic (exact) mass is 162 g/mol. The van der Waals surface area contributed by atoms with Crippen LogP contribution in [-0.2, 0) is 0 Å². The maximum atomic E-state index is 1.65. The van der Waals surface area contributed by atoms with Gasteiger partial charge in [-0.15, -0.1) is 0 Å². The maximum absolute atomic E-state index is 1.65. The van der Waals surface area contributed by atoms with Gasteiger partial charge in [-0.3, -0.25) is 0 Å². The predicted octanol–water partition coefficient (Wildman–Crippen LogP) is 3.08. The normalized spacial score (nSPS) is 66.0. The topological polar surface area (TPSA) is 0 Å². The molecule has 0 saturated heterocycles. The average Bonchev–Trinajstić information content (AvgIpc) is 1.98. The third-order valence-electron chi connectivity index (χ3n) is 5.76. The molecule has 0 heterocycles. The number of fused-ring (bicyclic) bond motifs is 5. The van der Waals surface area contributed by atoms with E-state index < -0.39 is 0 Å². The van der Waals surface area contributed by atoms with E-state index in [1.54, 1.807) is 38.5 Å². The van der Waals surface area contributed by atoms with Gasteiger partial charge in [-0.05, 0) is 74.0 Å². The summed E-state index contributed by atoms with van der Waals surface area (Å²) >= 11 is 0. The fourth-order valence-electron chi connectivity index (χ4n) is 4.76. The van der Waals surface area contributed by atoms with E-state index in [9.17, 15) is 0 Å². The molecule has 0 N–H and O–H groups in total. The van der Waals surface area contributed by atoms with Crippen molar-refractivity contribution >= 4 is 0 Å².